The third-order valence-electron chi connectivity index (χ3n) is 12.7. The molecule has 0 saturated carbocycles. The molecule has 4 N–H and O–H groups in total. The second-order valence-electron chi connectivity index (χ2n) is 16.7. The highest BCUT2D eigenvalue weighted by Crippen LogP contribution is 2.38. The topological polar surface area (TPSA) is 140 Å². The molecule has 0 spiro atoms. The van der Waals surface area contributed by atoms with Crippen molar-refractivity contribution in [1.29, 1.82) is 0 Å². The molecule has 1 fully saturated rings. The third-order valence-corrected chi connectivity index (χ3v) is 12.7. The van der Waals surface area contributed by atoms with Crippen LogP contribution in [0.5, 0.6) is 0 Å². The maximum atomic E-state index is 14.5. The molecule has 0 atom stereocenters. The molecule has 5 rings (SSSR count). The summed E-state index contributed by atoms with van der Waals surface area (Å²) in [5.41, 5.74) is -4.77. The Morgan fingerprint density at radius 1 is 0.593 bits per heavy atom. The van der Waals surface area contributed by atoms with Gasteiger partial charge in [-0.1, -0.05) is 90.1 Å². The van der Waals surface area contributed by atoms with Crippen molar-refractivity contribution in [3.8, 4) is 0 Å². The maximum Gasteiger partial charge on any atom is 0.252 e. The first-order valence-electron chi connectivity index (χ1n) is 19.8. The largest absolute Gasteiger partial charge is 0.351 e. The van der Waals surface area contributed by atoms with Crippen LogP contribution in [0.25, 0.3) is 32.3 Å². The van der Waals surface area contributed by atoms with Crippen molar-refractivity contribution in [2.24, 2.45) is 0 Å². The number of benzene rings is 4. The first-order chi connectivity index (χ1) is 25.4. The number of nitrogens with one attached hydrogen (secondary N) is 4. The predicted octanol–water partition coefficient (Wildman–Crippen LogP) is 7.71. The van der Waals surface area contributed by atoms with Crippen molar-refractivity contribution in [3.63, 3.8) is 0 Å². The van der Waals surface area contributed by atoms with Gasteiger partial charge in [-0.3, -0.25) is 19.2 Å². The number of hydrogen-bond acceptors (Lipinski definition) is 5. The van der Waals surface area contributed by atoms with Crippen molar-refractivity contribution < 1.29 is 24.4 Å². The molecule has 54 heavy (non-hydrogen) atoms. The first kappa shape index (κ1) is 40.9. The predicted molar refractivity (Wildman–Crippen MR) is 216 cm³/mol. The summed E-state index contributed by atoms with van der Waals surface area (Å²) in [6.45, 7) is 18.7. The zero-order valence-electron chi connectivity index (χ0n) is 33.9. The lowest BCUT2D eigenvalue weighted by Gasteiger charge is -2.50. The Bertz CT molecular complexity index is 1990. The molecule has 1 aliphatic heterocycles. The molecule has 0 aliphatic carbocycles. The summed E-state index contributed by atoms with van der Waals surface area (Å²) >= 11 is 0. The molecule has 4 aromatic rings. The van der Waals surface area contributed by atoms with Crippen LogP contribution in [0.15, 0.2) is 54.6 Å². The molecule has 291 valence electrons. The van der Waals surface area contributed by atoms with Gasteiger partial charge in [0.25, 0.3) is 5.91 Å². The molecule has 4 aromatic carbocycles. The fourth-order valence-corrected chi connectivity index (χ4v) is 8.99. The Balaban J connectivity index is 1.39. The lowest BCUT2D eigenvalue weighted by atomic mass is 9.78. The molecule has 10 heteroatoms. The molecule has 4 amide bonds. The van der Waals surface area contributed by atoms with Gasteiger partial charge in [0.15, 0.2) is 0 Å². The maximum absolute atomic E-state index is 14.5. The second-order valence-corrected chi connectivity index (χ2v) is 16.7. The summed E-state index contributed by atoms with van der Waals surface area (Å²) in [7, 11) is 0. The van der Waals surface area contributed by atoms with E-state index in [-0.39, 0.29) is 30.7 Å². The van der Waals surface area contributed by atoms with Crippen LogP contribution in [-0.2, 0) is 19.6 Å². The zero-order valence-corrected chi connectivity index (χ0v) is 33.9. The van der Waals surface area contributed by atoms with Gasteiger partial charge in [-0.15, -0.1) is 10.3 Å². The number of nitrogens with zero attached hydrogens (tertiary/aromatic N) is 1. The molecule has 1 aliphatic rings. The van der Waals surface area contributed by atoms with Crippen LogP contribution in [0.3, 0.4) is 0 Å². The van der Waals surface area contributed by atoms with E-state index in [0.717, 1.165) is 37.4 Å². The monoisotopic (exact) mass is 738 g/mol. The Labute approximate surface area is 320 Å². The third kappa shape index (κ3) is 7.03. The van der Waals surface area contributed by atoms with Crippen LogP contribution >= 0.6 is 0 Å². The first-order valence-corrected chi connectivity index (χ1v) is 19.8. The van der Waals surface area contributed by atoms with E-state index in [1.807, 2.05) is 99.6 Å². The van der Waals surface area contributed by atoms with Crippen molar-refractivity contribution in [2.75, 3.05) is 0 Å². The summed E-state index contributed by atoms with van der Waals surface area (Å²) in [5.74, 6) is -1.57. The number of carbonyl (C=O) groups excluding carboxylic acids is 4. The molecule has 10 nitrogen and oxygen atoms in total. The van der Waals surface area contributed by atoms with E-state index < -0.39 is 39.5 Å². The van der Waals surface area contributed by atoms with Gasteiger partial charge in [0, 0.05) is 22.7 Å². The van der Waals surface area contributed by atoms with E-state index in [2.05, 4.69) is 45.5 Å². The SMILES string of the molecule is CCC(CC)(NC(=O)c1ccc2ccc3cccc4ccc1c2c34)C(=O)NC(CC)(CC)C(=O)NC(CC)(CC)C(=O)NC1CC(C)(C)N([O])C(C)(C)C1. The number of hydroxylamine groups is 2. The van der Waals surface area contributed by atoms with Gasteiger partial charge in [-0.25, -0.2) is 0 Å². The normalized spacial score (nSPS) is 16.8. The fraction of sp³-hybridized carbons (Fsp3) is 0.545. The Morgan fingerprint density at radius 3 is 1.48 bits per heavy atom. The summed E-state index contributed by atoms with van der Waals surface area (Å²) in [6, 6.07) is 17.8. The van der Waals surface area contributed by atoms with Crippen molar-refractivity contribution in [3.05, 3.63) is 60.2 Å². The number of hydrogen-bond donors (Lipinski definition) is 4. The van der Waals surface area contributed by atoms with Gasteiger partial charge in [0.05, 0.1) is 0 Å². The Kier molecular flexibility index (Phi) is 11.4. The number of rotatable bonds is 14. The number of carbonyl (C=O) groups is 4. The smallest absolute Gasteiger partial charge is 0.252 e. The van der Waals surface area contributed by atoms with Crippen molar-refractivity contribution >= 4 is 55.9 Å². The van der Waals surface area contributed by atoms with E-state index in [1.165, 1.54) is 0 Å². The second kappa shape index (κ2) is 15.1. The highest BCUT2D eigenvalue weighted by atomic mass is 16.5. The van der Waals surface area contributed by atoms with Gasteiger partial charge in [-0.05, 0) is 117 Å². The van der Waals surface area contributed by atoms with Crippen LogP contribution in [0.1, 0.15) is 131 Å². The molecular weight excluding hydrogens is 679 g/mol. The van der Waals surface area contributed by atoms with Crippen LogP contribution in [-0.4, -0.2) is 62.4 Å². The van der Waals surface area contributed by atoms with Crippen molar-refractivity contribution in [1.82, 2.24) is 26.3 Å². The minimum absolute atomic E-state index is 0.254. The number of piperidine rings is 1. The minimum Gasteiger partial charge on any atom is -0.351 e. The molecule has 1 radical (unpaired) electrons. The van der Waals surface area contributed by atoms with E-state index in [4.69, 9.17) is 0 Å². The summed E-state index contributed by atoms with van der Waals surface area (Å²) in [4.78, 5) is 57.3. The van der Waals surface area contributed by atoms with E-state index in [1.54, 1.807) is 0 Å². The fourth-order valence-electron chi connectivity index (χ4n) is 8.99. The zero-order chi connectivity index (χ0) is 39.9. The van der Waals surface area contributed by atoms with Crippen LogP contribution < -0.4 is 21.3 Å². The van der Waals surface area contributed by atoms with E-state index >= 15 is 0 Å². The van der Waals surface area contributed by atoms with Crippen LogP contribution in [0, 0.1) is 0 Å². The quantitative estimate of drug-likeness (QED) is 0.0983. The molecule has 0 aromatic heterocycles. The van der Waals surface area contributed by atoms with E-state index in [9.17, 15) is 24.4 Å². The van der Waals surface area contributed by atoms with Crippen LogP contribution in [0.4, 0.5) is 0 Å². The minimum atomic E-state index is -1.35. The lowest BCUT2D eigenvalue weighted by Crippen LogP contribution is -2.70. The van der Waals surface area contributed by atoms with Gasteiger partial charge in [0.1, 0.15) is 16.6 Å². The van der Waals surface area contributed by atoms with Gasteiger partial charge in [-0.2, -0.15) is 0 Å². The van der Waals surface area contributed by atoms with Crippen LogP contribution in [0.2, 0.25) is 0 Å². The molecular formula is C44H60N5O5. The van der Waals surface area contributed by atoms with Crippen molar-refractivity contribution in [2.45, 2.75) is 154 Å². The standard InChI is InChI=1S/C44H60N5O5/c1-11-42(12-2,37(51)45-31-26-40(7,8)49(54)41(9,10)27-31)47-39(53)44(15-5,16-6)48-38(52)43(13-3,14-4)46-36(50)33-25-23-30-21-20-28-18-17-19-29-22-24-32(33)35(30)34(28)29/h17-25,31H,11-16,26-27H2,1-10H3,(H,45,51)(H,46,50)(H,47,53)(H,48,52). The van der Waals surface area contributed by atoms with Gasteiger partial charge >= 0.3 is 0 Å². The summed E-state index contributed by atoms with van der Waals surface area (Å²) in [5, 5.41) is 32.7. The lowest BCUT2D eigenvalue weighted by molar-refractivity contribution is -0.290. The van der Waals surface area contributed by atoms with E-state index in [0.29, 0.717) is 44.1 Å². The Hall–Kier alpha value is -4.28. The highest BCUT2D eigenvalue weighted by molar-refractivity contribution is 6.26. The molecule has 0 unspecified atom stereocenters. The van der Waals surface area contributed by atoms with Gasteiger partial charge < -0.3 is 21.3 Å². The summed E-state index contributed by atoms with van der Waals surface area (Å²) < 4.78 is 0. The number of amides is 4. The van der Waals surface area contributed by atoms with Gasteiger partial charge in [0.2, 0.25) is 17.7 Å². The Morgan fingerprint density at radius 2 is 1.00 bits per heavy atom. The average Bonchev–Trinajstić information content (AvgIpc) is 3.15. The molecule has 1 heterocycles. The average molecular weight is 739 g/mol. The highest BCUT2D eigenvalue weighted by Gasteiger charge is 2.50. The summed E-state index contributed by atoms with van der Waals surface area (Å²) in [6.07, 6.45) is 2.73. The molecule has 1 saturated heterocycles. The molecule has 0 bridgehead atoms.